The summed E-state index contributed by atoms with van der Waals surface area (Å²) in [7, 11) is 3.03. The molecule has 2 aromatic rings. The van der Waals surface area contributed by atoms with E-state index in [4.69, 9.17) is 4.42 Å². The Morgan fingerprint density at radius 3 is 2.80 bits per heavy atom. The molecule has 2 rings (SSSR count). The van der Waals surface area contributed by atoms with Gasteiger partial charge in [0.2, 0.25) is 5.89 Å². The van der Waals surface area contributed by atoms with Crippen LogP contribution in [0, 0.1) is 5.82 Å². The number of allylic oxidation sites excluding steroid dienone is 1. The molecule has 0 fully saturated rings. The normalized spacial score (nSPS) is 13.0. The Kier molecular flexibility index (Phi) is 5.69. The molecule has 0 amide bonds. The van der Waals surface area contributed by atoms with Crippen LogP contribution in [0.25, 0.3) is 5.70 Å². The maximum atomic E-state index is 13.7. The van der Waals surface area contributed by atoms with Crippen LogP contribution in [-0.2, 0) is 4.74 Å². The number of carbonyl (C=O) groups excluding carboxylic acids is 1. The Morgan fingerprint density at radius 1 is 1.48 bits per heavy atom. The van der Waals surface area contributed by atoms with Crippen LogP contribution < -0.4 is 5.32 Å². The highest BCUT2D eigenvalue weighted by molar-refractivity contribution is 5.87. The molecule has 1 aromatic heterocycles. The fourth-order valence-corrected chi connectivity index (χ4v) is 2.50. The van der Waals surface area contributed by atoms with Gasteiger partial charge in [-0.1, -0.05) is 6.92 Å². The molecular formula is C18H20FN3O3. The number of anilines is 1. The van der Waals surface area contributed by atoms with Crippen LogP contribution in [0.2, 0.25) is 0 Å². The van der Waals surface area contributed by atoms with Crippen molar-refractivity contribution in [2.75, 3.05) is 19.5 Å². The highest BCUT2D eigenvalue weighted by Crippen LogP contribution is 2.34. The van der Waals surface area contributed by atoms with E-state index in [9.17, 15) is 9.18 Å². The first-order chi connectivity index (χ1) is 11.9. The molecule has 132 valence electrons. The maximum Gasteiger partial charge on any atom is 0.360 e. The number of hydrogen-bond acceptors (Lipinski definition) is 6. The number of halogens is 1. The third-order valence-electron chi connectivity index (χ3n) is 4.03. The summed E-state index contributed by atoms with van der Waals surface area (Å²) in [5.74, 6) is -0.966. The first kappa shape index (κ1) is 18.4. The second kappa shape index (κ2) is 7.74. The lowest BCUT2D eigenvalue weighted by molar-refractivity contribution is 0.0594. The molecule has 1 N–H and O–H groups in total. The van der Waals surface area contributed by atoms with E-state index < -0.39 is 5.97 Å². The van der Waals surface area contributed by atoms with Crippen LogP contribution in [0.5, 0.6) is 0 Å². The molecule has 1 heterocycles. The molecule has 0 aliphatic heterocycles. The van der Waals surface area contributed by atoms with E-state index >= 15 is 0 Å². The topological polar surface area (TPSA) is 76.7 Å². The van der Waals surface area contributed by atoms with Crippen molar-refractivity contribution >= 4 is 24.1 Å². The molecule has 6 nitrogen and oxygen atoms in total. The van der Waals surface area contributed by atoms with Gasteiger partial charge < -0.3 is 14.5 Å². The Labute approximate surface area is 145 Å². The minimum atomic E-state index is -0.605. The molecule has 1 unspecified atom stereocenters. The molecule has 0 radical (unpaired) electrons. The van der Waals surface area contributed by atoms with Crippen molar-refractivity contribution in [2.24, 2.45) is 4.99 Å². The largest absolute Gasteiger partial charge is 0.464 e. The van der Waals surface area contributed by atoms with Gasteiger partial charge in [-0.3, -0.25) is 4.99 Å². The van der Waals surface area contributed by atoms with Crippen molar-refractivity contribution in [1.82, 2.24) is 4.98 Å². The maximum absolute atomic E-state index is 13.7. The quantitative estimate of drug-likeness (QED) is 0.635. The van der Waals surface area contributed by atoms with Crippen molar-refractivity contribution in [2.45, 2.75) is 19.8 Å². The Morgan fingerprint density at radius 2 is 2.20 bits per heavy atom. The Balaban J connectivity index is 2.48. The molecule has 0 bridgehead atoms. The van der Waals surface area contributed by atoms with Gasteiger partial charge >= 0.3 is 5.97 Å². The van der Waals surface area contributed by atoms with Gasteiger partial charge in [0.05, 0.1) is 7.11 Å². The van der Waals surface area contributed by atoms with Crippen LogP contribution >= 0.6 is 0 Å². The van der Waals surface area contributed by atoms with Crippen molar-refractivity contribution < 1.29 is 18.3 Å². The molecule has 0 saturated heterocycles. The Hall–Kier alpha value is -2.96. The zero-order valence-electron chi connectivity index (χ0n) is 14.6. The van der Waals surface area contributed by atoms with Gasteiger partial charge in [0.25, 0.3) is 0 Å². The van der Waals surface area contributed by atoms with Gasteiger partial charge in [0.1, 0.15) is 17.8 Å². The van der Waals surface area contributed by atoms with E-state index in [2.05, 4.69) is 26.7 Å². The van der Waals surface area contributed by atoms with Crippen molar-refractivity contribution in [3.05, 3.63) is 53.0 Å². The van der Waals surface area contributed by atoms with Crippen LogP contribution in [0.1, 0.15) is 41.7 Å². The third-order valence-corrected chi connectivity index (χ3v) is 4.03. The van der Waals surface area contributed by atoms with E-state index in [1.165, 1.54) is 25.5 Å². The lowest BCUT2D eigenvalue weighted by atomic mass is 9.91. The number of oxazole rings is 1. The Bertz CT molecular complexity index is 827. The van der Waals surface area contributed by atoms with Gasteiger partial charge in [-0.2, -0.15) is 0 Å². The number of ether oxygens (including phenoxy) is 1. The molecule has 1 atom stereocenters. The number of aromatic nitrogens is 1. The molecule has 1 aromatic carbocycles. The molecular weight excluding hydrogens is 325 g/mol. The molecule has 7 heteroatoms. The van der Waals surface area contributed by atoms with E-state index in [-0.39, 0.29) is 23.3 Å². The number of esters is 1. The van der Waals surface area contributed by atoms with Gasteiger partial charge in [-0.05, 0) is 43.0 Å². The zero-order chi connectivity index (χ0) is 18.6. The van der Waals surface area contributed by atoms with Gasteiger partial charge in [0, 0.05) is 18.7 Å². The molecule has 0 spiro atoms. The van der Waals surface area contributed by atoms with Crippen LogP contribution in [0.3, 0.4) is 0 Å². The number of nitrogens with zero attached hydrogens (tertiary/aromatic N) is 2. The number of benzene rings is 1. The minimum Gasteiger partial charge on any atom is -0.464 e. The van der Waals surface area contributed by atoms with E-state index in [1.54, 1.807) is 13.1 Å². The predicted octanol–water partition coefficient (Wildman–Crippen LogP) is 3.88. The van der Waals surface area contributed by atoms with Crippen molar-refractivity contribution in [1.29, 1.82) is 0 Å². The van der Waals surface area contributed by atoms with Gasteiger partial charge in [0.15, 0.2) is 5.69 Å². The first-order valence-electron chi connectivity index (χ1n) is 7.61. The molecule has 0 aliphatic carbocycles. The first-order valence-corrected chi connectivity index (χ1v) is 7.61. The average Bonchev–Trinajstić information content (AvgIpc) is 3.10. The van der Waals surface area contributed by atoms with Gasteiger partial charge in [-0.15, -0.1) is 0 Å². The SMILES string of the molecule is C=NC(=C(C)C(C)c1cc(F)ccc1NC)c1nc(C(=O)OC)co1. The highest BCUT2D eigenvalue weighted by Gasteiger charge is 2.21. The second-order valence-electron chi connectivity index (χ2n) is 5.42. The monoisotopic (exact) mass is 345 g/mol. The highest BCUT2D eigenvalue weighted by atomic mass is 19.1. The summed E-state index contributed by atoms with van der Waals surface area (Å²) in [6, 6.07) is 4.54. The summed E-state index contributed by atoms with van der Waals surface area (Å²) in [6.07, 6.45) is 1.20. The number of methoxy groups -OCH3 is 1. The molecule has 0 saturated carbocycles. The predicted molar refractivity (Wildman–Crippen MR) is 94.3 cm³/mol. The lowest BCUT2D eigenvalue weighted by Gasteiger charge is -2.18. The third kappa shape index (κ3) is 3.76. The average molecular weight is 345 g/mol. The molecule has 0 aliphatic rings. The van der Waals surface area contributed by atoms with Crippen LogP contribution in [0.15, 0.2) is 39.4 Å². The minimum absolute atomic E-state index is 0.0424. The summed E-state index contributed by atoms with van der Waals surface area (Å²) in [5, 5.41) is 3.05. The smallest absolute Gasteiger partial charge is 0.360 e. The fraction of sp³-hybridized carbons (Fsp3) is 0.278. The van der Waals surface area contributed by atoms with Crippen LogP contribution in [0.4, 0.5) is 10.1 Å². The molecule has 25 heavy (non-hydrogen) atoms. The van der Waals surface area contributed by atoms with Crippen LogP contribution in [-0.4, -0.2) is 31.8 Å². The van der Waals surface area contributed by atoms with Crippen molar-refractivity contribution in [3.63, 3.8) is 0 Å². The lowest BCUT2D eigenvalue weighted by Crippen LogP contribution is -2.04. The van der Waals surface area contributed by atoms with E-state index in [0.29, 0.717) is 5.70 Å². The number of hydrogen-bond donors (Lipinski definition) is 1. The summed E-state index contributed by atoms with van der Waals surface area (Å²) in [5.41, 5.74) is 2.78. The van der Waals surface area contributed by atoms with E-state index in [1.807, 2.05) is 13.8 Å². The number of rotatable bonds is 6. The van der Waals surface area contributed by atoms with E-state index in [0.717, 1.165) is 16.8 Å². The summed E-state index contributed by atoms with van der Waals surface area (Å²) < 4.78 is 23.6. The number of aliphatic imine (C=N–C) groups is 1. The van der Waals surface area contributed by atoms with Crippen molar-refractivity contribution in [3.8, 4) is 0 Å². The number of carbonyl (C=O) groups is 1. The second-order valence-corrected chi connectivity index (χ2v) is 5.42. The summed E-state index contributed by atoms with van der Waals surface area (Å²) in [4.78, 5) is 19.6. The fourth-order valence-electron chi connectivity index (χ4n) is 2.50. The zero-order valence-corrected chi connectivity index (χ0v) is 14.6. The number of nitrogens with one attached hydrogen (secondary N) is 1. The summed E-state index contributed by atoms with van der Waals surface area (Å²) >= 11 is 0. The standard InChI is InChI=1S/C18H20FN3O3/c1-10(13-8-12(19)6-7-14(13)20-3)11(2)16(21-4)17-22-15(9-25-17)18(23)24-5/h6-10,20H,4H2,1-3,5H3. The van der Waals surface area contributed by atoms with Gasteiger partial charge in [-0.25, -0.2) is 14.2 Å². The summed E-state index contributed by atoms with van der Waals surface area (Å²) in [6.45, 7) is 7.31.